The van der Waals surface area contributed by atoms with Crippen LogP contribution < -0.4 is 10.9 Å². The molecule has 0 saturated heterocycles. The van der Waals surface area contributed by atoms with Crippen LogP contribution >= 0.6 is 0 Å². The zero-order valence-corrected chi connectivity index (χ0v) is 15.4. The summed E-state index contributed by atoms with van der Waals surface area (Å²) in [4.78, 5) is 37.5. The summed E-state index contributed by atoms with van der Waals surface area (Å²) >= 11 is 0. The standard InChI is InChI=1S/C19H21N5O3/c1-12-6-7-16(27-12)15(24(2)3)11-22-18(25)14-10-21-17(23-19(14)26)13-5-4-8-20-9-13/h4-10,15H,11H2,1-3H3,(H,22,25)(H,21,23,26)/t15-/m1/s1. The van der Waals surface area contributed by atoms with Gasteiger partial charge in [0.25, 0.3) is 11.5 Å². The van der Waals surface area contributed by atoms with Gasteiger partial charge in [0.1, 0.15) is 22.9 Å². The quantitative estimate of drug-likeness (QED) is 0.688. The monoisotopic (exact) mass is 367 g/mol. The van der Waals surface area contributed by atoms with Gasteiger partial charge in [-0.1, -0.05) is 0 Å². The Kier molecular flexibility index (Phi) is 5.46. The fourth-order valence-electron chi connectivity index (χ4n) is 2.66. The molecule has 0 saturated carbocycles. The molecular weight excluding hydrogens is 346 g/mol. The normalized spacial score (nSPS) is 12.1. The highest BCUT2D eigenvalue weighted by atomic mass is 16.3. The molecule has 2 N–H and O–H groups in total. The summed E-state index contributed by atoms with van der Waals surface area (Å²) in [7, 11) is 3.79. The summed E-state index contributed by atoms with van der Waals surface area (Å²) in [5.41, 5.74) is 0.120. The van der Waals surface area contributed by atoms with Crippen molar-refractivity contribution >= 4 is 5.91 Å². The van der Waals surface area contributed by atoms with Gasteiger partial charge in [0.05, 0.1) is 6.04 Å². The molecule has 0 spiro atoms. The number of likely N-dealkylation sites (N-methyl/N-ethyl adjacent to an activating group) is 1. The first-order valence-electron chi connectivity index (χ1n) is 8.46. The topological polar surface area (TPSA) is 104 Å². The minimum Gasteiger partial charge on any atom is -0.465 e. The minimum atomic E-state index is -0.503. The Hall–Kier alpha value is -3.26. The summed E-state index contributed by atoms with van der Waals surface area (Å²) in [5, 5.41) is 2.78. The molecule has 0 aliphatic heterocycles. The molecule has 0 aromatic carbocycles. The number of nitrogens with zero attached hydrogens (tertiary/aromatic N) is 3. The van der Waals surface area contributed by atoms with E-state index >= 15 is 0 Å². The molecule has 8 nitrogen and oxygen atoms in total. The number of amides is 1. The van der Waals surface area contributed by atoms with E-state index < -0.39 is 11.5 Å². The van der Waals surface area contributed by atoms with Gasteiger partial charge in [0, 0.05) is 30.7 Å². The van der Waals surface area contributed by atoms with Crippen molar-refractivity contribution in [2.45, 2.75) is 13.0 Å². The van der Waals surface area contributed by atoms with Gasteiger partial charge < -0.3 is 14.7 Å². The second-order valence-corrected chi connectivity index (χ2v) is 6.35. The molecule has 0 aliphatic carbocycles. The van der Waals surface area contributed by atoms with Gasteiger partial charge in [0.2, 0.25) is 0 Å². The highest BCUT2D eigenvalue weighted by Gasteiger charge is 2.20. The lowest BCUT2D eigenvalue weighted by atomic mass is 10.2. The summed E-state index contributed by atoms with van der Waals surface area (Å²) < 4.78 is 5.65. The number of carbonyl (C=O) groups excluding carboxylic acids is 1. The summed E-state index contributed by atoms with van der Waals surface area (Å²) in [6.07, 6.45) is 4.49. The molecule has 0 bridgehead atoms. The maximum absolute atomic E-state index is 12.4. The third-order valence-electron chi connectivity index (χ3n) is 4.15. The Morgan fingerprint density at radius 2 is 2.11 bits per heavy atom. The van der Waals surface area contributed by atoms with Crippen LogP contribution in [0.4, 0.5) is 0 Å². The molecule has 27 heavy (non-hydrogen) atoms. The molecule has 0 radical (unpaired) electrons. The van der Waals surface area contributed by atoms with Crippen molar-refractivity contribution in [1.82, 2.24) is 25.2 Å². The smallest absolute Gasteiger partial charge is 0.264 e. The number of hydrogen-bond donors (Lipinski definition) is 2. The molecule has 140 valence electrons. The van der Waals surface area contributed by atoms with Crippen LogP contribution in [0.25, 0.3) is 11.4 Å². The summed E-state index contributed by atoms with van der Waals surface area (Å²) in [5.74, 6) is 1.42. The van der Waals surface area contributed by atoms with Crippen LogP contribution in [0.5, 0.6) is 0 Å². The van der Waals surface area contributed by atoms with E-state index in [0.717, 1.165) is 11.5 Å². The number of furan rings is 1. The molecule has 3 aromatic rings. The third-order valence-corrected chi connectivity index (χ3v) is 4.15. The van der Waals surface area contributed by atoms with Crippen molar-refractivity contribution in [1.29, 1.82) is 0 Å². The molecule has 3 rings (SSSR count). The van der Waals surface area contributed by atoms with Crippen molar-refractivity contribution in [3.8, 4) is 11.4 Å². The van der Waals surface area contributed by atoms with Crippen molar-refractivity contribution in [3.63, 3.8) is 0 Å². The summed E-state index contributed by atoms with van der Waals surface area (Å²) in [6.45, 7) is 2.16. The number of nitrogens with one attached hydrogen (secondary N) is 2. The number of aromatic amines is 1. The van der Waals surface area contributed by atoms with Gasteiger partial charge in [-0.2, -0.15) is 0 Å². The van der Waals surface area contributed by atoms with Gasteiger partial charge in [-0.25, -0.2) is 4.98 Å². The van der Waals surface area contributed by atoms with Gasteiger partial charge in [0.15, 0.2) is 0 Å². The molecule has 3 heterocycles. The molecule has 0 fully saturated rings. The highest BCUT2D eigenvalue weighted by Crippen LogP contribution is 2.20. The Bertz CT molecular complexity index is 978. The lowest BCUT2D eigenvalue weighted by Crippen LogP contribution is -2.36. The molecule has 0 aliphatic rings. The van der Waals surface area contributed by atoms with Crippen molar-refractivity contribution < 1.29 is 9.21 Å². The number of carbonyl (C=O) groups is 1. The first-order chi connectivity index (χ1) is 13.0. The van der Waals surface area contributed by atoms with Gasteiger partial charge in [-0.3, -0.25) is 19.5 Å². The lowest BCUT2D eigenvalue weighted by molar-refractivity contribution is 0.0937. The van der Waals surface area contributed by atoms with Crippen LogP contribution in [0.2, 0.25) is 0 Å². The van der Waals surface area contributed by atoms with E-state index in [9.17, 15) is 9.59 Å². The zero-order valence-electron chi connectivity index (χ0n) is 15.4. The Morgan fingerprint density at radius 1 is 1.30 bits per heavy atom. The number of aryl methyl sites for hydroxylation is 1. The highest BCUT2D eigenvalue weighted by molar-refractivity contribution is 5.93. The average Bonchev–Trinajstić information content (AvgIpc) is 3.08. The zero-order chi connectivity index (χ0) is 19.4. The van der Waals surface area contributed by atoms with Crippen molar-refractivity contribution in [2.75, 3.05) is 20.6 Å². The van der Waals surface area contributed by atoms with Gasteiger partial charge in [-0.15, -0.1) is 0 Å². The lowest BCUT2D eigenvalue weighted by Gasteiger charge is -2.22. The second-order valence-electron chi connectivity index (χ2n) is 6.35. The van der Waals surface area contributed by atoms with E-state index in [2.05, 4.69) is 20.3 Å². The van der Waals surface area contributed by atoms with E-state index in [1.54, 1.807) is 24.5 Å². The molecule has 1 atom stereocenters. The SMILES string of the molecule is Cc1ccc([C@@H](CNC(=O)c2cnc(-c3cccnc3)[nH]c2=O)N(C)C)o1. The van der Waals surface area contributed by atoms with Crippen LogP contribution in [0.1, 0.15) is 27.9 Å². The molecule has 8 heteroatoms. The Labute approximate surface area is 156 Å². The van der Waals surface area contributed by atoms with Crippen LogP contribution in [-0.2, 0) is 0 Å². The van der Waals surface area contributed by atoms with Crippen LogP contribution in [0.3, 0.4) is 0 Å². The van der Waals surface area contributed by atoms with E-state index in [1.807, 2.05) is 38.1 Å². The average molecular weight is 367 g/mol. The molecule has 1 amide bonds. The van der Waals surface area contributed by atoms with Crippen molar-refractivity contribution in [3.05, 3.63) is 70.3 Å². The van der Waals surface area contributed by atoms with Crippen LogP contribution in [0, 0.1) is 6.92 Å². The first kappa shape index (κ1) is 18.5. The molecule has 0 unspecified atom stereocenters. The number of hydrogen-bond acceptors (Lipinski definition) is 6. The largest absolute Gasteiger partial charge is 0.465 e. The summed E-state index contributed by atoms with van der Waals surface area (Å²) in [6, 6.07) is 7.12. The fourth-order valence-corrected chi connectivity index (χ4v) is 2.66. The van der Waals surface area contributed by atoms with Crippen LogP contribution in [-0.4, -0.2) is 46.4 Å². The van der Waals surface area contributed by atoms with Crippen molar-refractivity contribution in [2.24, 2.45) is 0 Å². The number of pyridine rings is 1. The Morgan fingerprint density at radius 3 is 2.70 bits per heavy atom. The predicted octanol–water partition coefficient (Wildman–Crippen LogP) is 1.77. The van der Waals surface area contributed by atoms with Crippen LogP contribution in [0.15, 0.2) is 52.1 Å². The second kappa shape index (κ2) is 7.96. The van der Waals surface area contributed by atoms with E-state index in [0.29, 0.717) is 17.9 Å². The van der Waals surface area contributed by atoms with E-state index in [1.165, 1.54) is 6.20 Å². The predicted molar refractivity (Wildman–Crippen MR) is 100 cm³/mol. The number of rotatable bonds is 6. The number of aromatic nitrogens is 3. The Balaban J connectivity index is 1.73. The molecule has 3 aromatic heterocycles. The molecular formula is C19H21N5O3. The number of H-pyrrole nitrogens is 1. The fraction of sp³-hybridized carbons (Fsp3) is 0.263. The van der Waals surface area contributed by atoms with Gasteiger partial charge >= 0.3 is 0 Å². The van der Waals surface area contributed by atoms with Gasteiger partial charge in [-0.05, 0) is 45.3 Å². The maximum atomic E-state index is 12.4. The minimum absolute atomic E-state index is 0.0456. The third kappa shape index (κ3) is 4.29. The maximum Gasteiger partial charge on any atom is 0.264 e. The first-order valence-corrected chi connectivity index (χ1v) is 8.46. The van der Waals surface area contributed by atoms with E-state index in [-0.39, 0.29) is 11.6 Å². The van der Waals surface area contributed by atoms with E-state index in [4.69, 9.17) is 4.42 Å².